The van der Waals surface area contributed by atoms with E-state index in [0.717, 1.165) is 6.42 Å². The summed E-state index contributed by atoms with van der Waals surface area (Å²) in [5.74, 6) is 0.261. The molecular weight excluding hydrogens is 178 g/mol. The highest BCUT2D eigenvalue weighted by molar-refractivity contribution is 6.03. The van der Waals surface area contributed by atoms with Gasteiger partial charge in [0.1, 0.15) is 5.75 Å². The minimum atomic E-state index is 0.104. The van der Waals surface area contributed by atoms with Crippen molar-refractivity contribution >= 4 is 11.5 Å². The molecule has 0 saturated heterocycles. The zero-order chi connectivity index (χ0) is 10.1. The van der Waals surface area contributed by atoms with E-state index in [1.54, 1.807) is 18.2 Å². The van der Waals surface area contributed by atoms with Gasteiger partial charge < -0.3 is 10.4 Å². The SMILES string of the molecule is CC1CCC(=O)c2cccc(O)c2N1. The molecule has 74 valence electrons. The third-order valence-electron chi connectivity index (χ3n) is 2.54. The number of para-hydroxylation sites is 1. The molecule has 2 rings (SSSR count). The minimum Gasteiger partial charge on any atom is -0.506 e. The van der Waals surface area contributed by atoms with Crippen LogP contribution in [0.4, 0.5) is 5.69 Å². The molecule has 0 aliphatic carbocycles. The number of phenolic OH excluding ortho intramolecular Hbond substituents is 1. The van der Waals surface area contributed by atoms with Gasteiger partial charge in [-0.3, -0.25) is 4.79 Å². The van der Waals surface area contributed by atoms with Crippen LogP contribution in [0.2, 0.25) is 0 Å². The molecule has 0 saturated carbocycles. The number of anilines is 1. The number of fused-ring (bicyclic) bond motifs is 1. The normalized spacial score (nSPS) is 20.9. The van der Waals surface area contributed by atoms with Crippen molar-refractivity contribution in [3.05, 3.63) is 23.8 Å². The molecule has 1 heterocycles. The third-order valence-corrected chi connectivity index (χ3v) is 2.54. The van der Waals surface area contributed by atoms with E-state index < -0.39 is 0 Å². The fourth-order valence-electron chi connectivity index (χ4n) is 1.73. The van der Waals surface area contributed by atoms with Gasteiger partial charge in [0.15, 0.2) is 5.78 Å². The van der Waals surface area contributed by atoms with Crippen LogP contribution < -0.4 is 5.32 Å². The second kappa shape index (κ2) is 3.33. The van der Waals surface area contributed by atoms with E-state index in [4.69, 9.17) is 0 Å². The van der Waals surface area contributed by atoms with Crippen LogP contribution in [-0.2, 0) is 0 Å². The molecule has 1 aromatic carbocycles. The lowest BCUT2D eigenvalue weighted by Crippen LogP contribution is -2.13. The van der Waals surface area contributed by atoms with Gasteiger partial charge in [-0.2, -0.15) is 0 Å². The molecule has 0 amide bonds. The Hall–Kier alpha value is -1.51. The van der Waals surface area contributed by atoms with E-state index in [1.807, 2.05) is 6.92 Å². The quantitative estimate of drug-likeness (QED) is 0.618. The standard InChI is InChI=1S/C11H13NO2/c1-7-5-6-9(13)8-3-2-4-10(14)11(8)12-7/h2-4,7,12,14H,5-6H2,1H3. The topological polar surface area (TPSA) is 49.3 Å². The van der Waals surface area contributed by atoms with Crippen LogP contribution >= 0.6 is 0 Å². The van der Waals surface area contributed by atoms with E-state index in [9.17, 15) is 9.90 Å². The average Bonchev–Trinajstić information content (AvgIpc) is 2.30. The van der Waals surface area contributed by atoms with Crippen LogP contribution in [0.5, 0.6) is 5.75 Å². The van der Waals surface area contributed by atoms with Gasteiger partial charge in [0, 0.05) is 18.0 Å². The van der Waals surface area contributed by atoms with Gasteiger partial charge in [-0.25, -0.2) is 0 Å². The van der Waals surface area contributed by atoms with E-state index in [1.165, 1.54) is 0 Å². The lowest BCUT2D eigenvalue weighted by Gasteiger charge is -2.13. The van der Waals surface area contributed by atoms with Gasteiger partial charge in [0.2, 0.25) is 0 Å². The number of Topliss-reactive ketones (excluding diaryl/α,β-unsaturated/α-hetero) is 1. The first-order chi connectivity index (χ1) is 6.68. The zero-order valence-corrected chi connectivity index (χ0v) is 8.08. The number of ketones is 1. The Morgan fingerprint density at radius 2 is 2.29 bits per heavy atom. The maximum Gasteiger partial charge on any atom is 0.165 e. The van der Waals surface area contributed by atoms with E-state index in [-0.39, 0.29) is 17.6 Å². The summed E-state index contributed by atoms with van der Waals surface area (Å²) in [4.78, 5) is 11.7. The first kappa shape index (κ1) is 9.06. The maximum absolute atomic E-state index is 11.7. The van der Waals surface area contributed by atoms with Crippen molar-refractivity contribution in [1.29, 1.82) is 0 Å². The number of hydrogen-bond acceptors (Lipinski definition) is 3. The van der Waals surface area contributed by atoms with Gasteiger partial charge >= 0.3 is 0 Å². The summed E-state index contributed by atoms with van der Waals surface area (Å²) >= 11 is 0. The molecule has 3 heteroatoms. The number of rotatable bonds is 0. The van der Waals surface area contributed by atoms with Crippen LogP contribution in [0.1, 0.15) is 30.1 Å². The Labute approximate surface area is 82.8 Å². The van der Waals surface area contributed by atoms with Crippen LogP contribution in [0, 0.1) is 0 Å². The fourth-order valence-corrected chi connectivity index (χ4v) is 1.73. The summed E-state index contributed by atoms with van der Waals surface area (Å²) in [6, 6.07) is 5.28. The molecule has 0 radical (unpaired) electrons. The van der Waals surface area contributed by atoms with E-state index in [0.29, 0.717) is 17.7 Å². The summed E-state index contributed by atoms with van der Waals surface area (Å²) in [6.45, 7) is 2.01. The molecule has 1 unspecified atom stereocenters. The lowest BCUT2D eigenvalue weighted by molar-refractivity contribution is 0.0981. The summed E-state index contributed by atoms with van der Waals surface area (Å²) < 4.78 is 0. The van der Waals surface area contributed by atoms with E-state index in [2.05, 4.69) is 5.32 Å². The highest BCUT2D eigenvalue weighted by atomic mass is 16.3. The Bertz CT molecular complexity index is 374. The zero-order valence-electron chi connectivity index (χ0n) is 8.08. The van der Waals surface area contributed by atoms with Gasteiger partial charge in [-0.05, 0) is 25.5 Å². The van der Waals surface area contributed by atoms with Crippen LogP contribution in [-0.4, -0.2) is 16.9 Å². The molecule has 2 N–H and O–H groups in total. The number of phenols is 1. The van der Waals surface area contributed by atoms with Gasteiger partial charge in [0.05, 0.1) is 5.69 Å². The smallest absolute Gasteiger partial charge is 0.165 e. The number of benzene rings is 1. The summed E-state index contributed by atoms with van der Waals surface area (Å²) in [7, 11) is 0. The molecule has 1 aliphatic heterocycles. The highest BCUT2D eigenvalue weighted by Crippen LogP contribution is 2.31. The van der Waals surface area contributed by atoms with Gasteiger partial charge in [0.25, 0.3) is 0 Å². The molecule has 1 aliphatic rings. The fraction of sp³-hybridized carbons (Fsp3) is 0.364. The lowest BCUT2D eigenvalue weighted by atomic mass is 10.1. The Morgan fingerprint density at radius 3 is 3.07 bits per heavy atom. The summed E-state index contributed by atoms with van der Waals surface area (Å²) in [5.41, 5.74) is 1.19. The predicted molar refractivity (Wildman–Crippen MR) is 54.8 cm³/mol. The minimum absolute atomic E-state index is 0.104. The largest absolute Gasteiger partial charge is 0.506 e. The number of carbonyl (C=O) groups is 1. The number of carbonyl (C=O) groups excluding carboxylic acids is 1. The third kappa shape index (κ3) is 1.45. The molecule has 0 aromatic heterocycles. The van der Waals surface area contributed by atoms with Crippen molar-refractivity contribution in [3.63, 3.8) is 0 Å². The predicted octanol–water partition coefficient (Wildman–Crippen LogP) is 2.17. The molecule has 0 bridgehead atoms. The van der Waals surface area contributed by atoms with Crippen LogP contribution in [0.15, 0.2) is 18.2 Å². The number of hydrogen-bond donors (Lipinski definition) is 2. The van der Waals surface area contributed by atoms with Crippen LogP contribution in [0.25, 0.3) is 0 Å². The maximum atomic E-state index is 11.7. The second-order valence-corrected chi connectivity index (χ2v) is 3.71. The van der Waals surface area contributed by atoms with Crippen LogP contribution in [0.3, 0.4) is 0 Å². The monoisotopic (exact) mass is 191 g/mol. The van der Waals surface area contributed by atoms with Crippen molar-refractivity contribution in [2.45, 2.75) is 25.8 Å². The van der Waals surface area contributed by atoms with Crippen molar-refractivity contribution in [2.75, 3.05) is 5.32 Å². The second-order valence-electron chi connectivity index (χ2n) is 3.71. The van der Waals surface area contributed by atoms with Gasteiger partial charge in [-0.15, -0.1) is 0 Å². The van der Waals surface area contributed by atoms with Crippen molar-refractivity contribution in [2.24, 2.45) is 0 Å². The van der Waals surface area contributed by atoms with Crippen molar-refractivity contribution < 1.29 is 9.90 Å². The summed E-state index contributed by atoms with van der Waals surface area (Å²) in [5, 5.41) is 12.8. The summed E-state index contributed by atoms with van der Waals surface area (Å²) in [6.07, 6.45) is 1.36. The highest BCUT2D eigenvalue weighted by Gasteiger charge is 2.20. The molecule has 0 fully saturated rings. The average molecular weight is 191 g/mol. The number of nitrogens with one attached hydrogen (secondary N) is 1. The Balaban J connectivity index is 2.52. The molecule has 0 spiro atoms. The molecule has 3 nitrogen and oxygen atoms in total. The van der Waals surface area contributed by atoms with Gasteiger partial charge in [-0.1, -0.05) is 6.07 Å². The molecule has 1 atom stereocenters. The molecule has 14 heavy (non-hydrogen) atoms. The van der Waals surface area contributed by atoms with Crippen molar-refractivity contribution in [3.8, 4) is 5.75 Å². The Kier molecular flexibility index (Phi) is 2.15. The van der Waals surface area contributed by atoms with Crippen molar-refractivity contribution in [1.82, 2.24) is 0 Å². The molecular formula is C11H13NO2. The first-order valence-corrected chi connectivity index (χ1v) is 4.80. The van der Waals surface area contributed by atoms with E-state index >= 15 is 0 Å². The Morgan fingerprint density at radius 1 is 1.50 bits per heavy atom. The number of aromatic hydroxyl groups is 1. The first-order valence-electron chi connectivity index (χ1n) is 4.80. The molecule has 1 aromatic rings.